The summed E-state index contributed by atoms with van der Waals surface area (Å²) < 4.78 is 7.20. The average Bonchev–Trinajstić information content (AvgIpc) is 3.07. The Hall–Kier alpha value is -2.51. The summed E-state index contributed by atoms with van der Waals surface area (Å²) >= 11 is 12.2. The number of halogens is 2. The van der Waals surface area contributed by atoms with Crippen LogP contribution in [0.4, 0.5) is 5.82 Å². The van der Waals surface area contributed by atoms with Crippen molar-refractivity contribution in [3.8, 4) is 11.6 Å². The second-order valence-corrected chi connectivity index (χ2v) is 5.75. The number of rotatable bonds is 6. The van der Waals surface area contributed by atoms with Crippen LogP contribution >= 0.6 is 23.2 Å². The van der Waals surface area contributed by atoms with Gasteiger partial charge in [-0.25, -0.2) is 14.6 Å². The second kappa shape index (κ2) is 8.04. The molecule has 0 saturated carbocycles. The van der Waals surface area contributed by atoms with Crippen LogP contribution in [0, 0.1) is 6.92 Å². The van der Waals surface area contributed by atoms with Crippen molar-refractivity contribution in [2.75, 3.05) is 13.2 Å². The number of para-hydroxylation sites is 1. The van der Waals surface area contributed by atoms with E-state index >= 15 is 0 Å². The highest BCUT2D eigenvalue weighted by Gasteiger charge is 2.06. The number of hydrogen-bond donors (Lipinski definition) is 0. The highest BCUT2D eigenvalue weighted by Crippen LogP contribution is 2.23. The predicted molar refractivity (Wildman–Crippen MR) is 95.2 cm³/mol. The summed E-state index contributed by atoms with van der Waals surface area (Å²) in [4.78, 5) is 7.94. The molecule has 2 aromatic heterocycles. The van der Waals surface area contributed by atoms with Crippen LogP contribution in [0.25, 0.3) is 5.69 Å². The van der Waals surface area contributed by atoms with Crippen LogP contribution in [0.1, 0.15) is 5.69 Å². The molecule has 0 unspecified atom stereocenters. The monoisotopic (exact) mass is 376 g/mol. The molecule has 0 spiro atoms. The lowest BCUT2D eigenvalue weighted by Crippen LogP contribution is -2.02. The van der Waals surface area contributed by atoms with Gasteiger partial charge >= 0.3 is 0 Å². The van der Waals surface area contributed by atoms with E-state index in [1.165, 1.54) is 6.33 Å². The van der Waals surface area contributed by atoms with Gasteiger partial charge in [0.1, 0.15) is 18.0 Å². The number of ether oxygens (including phenoxy) is 1. The van der Waals surface area contributed by atoms with Gasteiger partial charge in [-0.2, -0.15) is 5.11 Å². The van der Waals surface area contributed by atoms with Crippen LogP contribution in [0.15, 0.2) is 53.1 Å². The lowest BCUT2D eigenvalue weighted by atomic mass is 10.3. The lowest BCUT2D eigenvalue weighted by molar-refractivity contribution is 0.312. The maximum absolute atomic E-state index is 6.15. The van der Waals surface area contributed by atoms with E-state index in [4.69, 9.17) is 27.9 Å². The van der Waals surface area contributed by atoms with Gasteiger partial charge in [0.05, 0.1) is 22.9 Å². The van der Waals surface area contributed by atoms with Gasteiger partial charge in [-0.05, 0) is 19.1 Å². The number of azo groups is 1. The molecule has 9 heteroatoms. The van der Waals surface area contributed by atoms with Crippen molar-refractivity contribution in [1.82, 2.24) is 19.7 Å². The third-order valence-electron chi connectivity index (χ3n) is 3.22. The molecule has 0 radical (unpaired) electrons. The number of aryl methyl sites for hydroxylation is 1. The third-order valence-corrected chi connectivity index (χ3v) is 3.98. The van der Waals surface area contributed by atoms with Gasteiger partial charge in [0.15, 0.2) is 5.82 Å². The minimum Gasteiger partial charge on any atom is -0.475 e. The zero-order valence-electron chi connectivity index (χ0n) is 13.3. The number of nitrogens with zero attached hydrogens (tertiary/aromatic N) is 6. The van der Waals surface area contributed by atoms with Crippen molar-refractivity contribution in [2.24, 2.45) is 10.2 Å². The summed E-state index contributed by atoms with van der Waals surface area (Å²) in [5.41, 5.74) is 1.44. The Morgan fingerprint density at radius 3 is 2.84 bits per heavy atom. The van der Waals surface area contributed by atoms with Crippen molar-refractivity contribution >= 4 is 29.0 Å². The highest BCUT2D eigenvalue weighted by atomic mass is 35.5. The third kappa shape index (κ3) is 4.32. The molecule has 0 atom stereocenters. The van der Waals surface area contributed by atoms with E-state index < -0.39 is 0 Å². The summed E-state index contributed by atoms with van der Waals surface area (Å²) in [5.74, 6) is 0.822. The maximum atomic E-state index is 6.15. The van der Waals surface area contributed by atoms with Crippen LogP contribution in [-0.2, 0) is 0 Å². The fourth-order valence-corrected chi connectivity index (χ4v) is 2.34. The summed E-state index contributed by atoms with van der Waals surface area (Å²) in [5, 5.41) is 13.3. The Kier molecular flexibility index (Phi) is 5.57. The van der Waals surface area contributed by atoms with Crippen LogP contribution in [0.2, 0.25) is 10.0 Å². The van der Waals surface area contributed by atoms with Crippen molar-refractivity contribution in [3.63, 3.8) is 0 Å². The van der Waals surface area contributed by atoms with Crippen molar-refractivity contribution in [1.29, 1.82) is 0 Å². The second-order valence-electron chi connectivity index (χ2n) is 4.96. The minimum atomic E-state index is 0.324. The normalized spacial score (nSPS) is 11.2. The Balaban J connectivity index is 1.54. The molecular weight excluding hydrogens is 363 g/mol. The zero-order chi connectivity index (χ0) is 17.6. The molecule has 3 rings (SSSR count). The van der Waals surface area contributed by atoms with E-state index in [-0.39, 0.29) is 0 Å². The number of aromatic nitrogens is 4. The molecule has 0 amide bonds. The van der Waals surface area contributed by atoms with Gasteiger partial charge in [-0.1, -0.05) is 35.3 Å². The van der Waals surface area contributed by atoms with E-state index in [9.17, 15) is 0 Å². The molecule has 0 aliphatic rings. The predicted octanol–water partition coefficient (Wildman–Crippen LogP) is 4.44. The van der Waals surface area contributed by atoms with Crippen molar-refractivity contribution in [2.45, 2.75) is 6.92 Å². The van der Waals surface area contributed by atoms with Gasteiger partial charge in [0.2, 0.25) is 5.88 Å². The number of hydrogen-bond acceptors (Lipinski definition) is 6. The minimum absolute atomic E-state index is 0.324. The van der Waals surface area contributed by atoms with Gasteiger partial charge in [0.25, 0.3) is 0 Å². The lowest BCUT2D eigenvalue weighted by Gasteiger charge is -2.03. The standard InChI is InChI=1S/C16H14Cl2N6O/c1-11-15(18)16(20-10-19-11)22-21-7-9-25-14-6-8-24(23-14)13-5-3-2-4-12(13)17/h2-6,8,10H,7,9H2,1H3. The first-order valence-corrected chi connectivity index (χ1v) is 8.18. The first-order chi connectivity index (χ1) is 12.1. The van der Waals surface area contributed by atoms with Crippen LogP contribution in [-0.4, -0.2) is 32.9 Å². The molecular formula is C16H14Cl2N6O. The Morgan fingerprint density at radius 2 is 2.00 bits per heavy atom. The van der Waals surface area contributed by atoms with E-state index in [0.29, 0.717) is 40.6 Å². The molecule has 0 bridgehead atoms. The molecule has 128 valence electrons. The highest BCUT2D eigenvalue weighted by molar-refractivity contribution is 6.33. The molecule has 2 heterocycles. The van der Waals surface area contributed by atoms with E-state index in [1.54, 1.807) is 29.9 Å². The fraction of sp³-hybridized carbons (Fsp3) is 0.188. The maximum Gasteiger partial charge on any atom is 0.233 e. The van der Waals surface area contributed by atoms with E-state index in [1.807, 2.05) is 18.2 Å². The summed E-state index contributed by atoms with van der Waals surface area (Å²) in [6.07, 6.45) is 3.18. The summed E-state index contributed by atoms with van der Waals surface area (Å²) in [7, 11) is 0. The molecule has 25 heavy (non-hydrogen) atoms. The average molecular weight is 377 g/mol. The molecule has 0 aliphatic carbocycles. The topological polar surface area (TPSA) is 77.5 Å². The Morgan fingerprint density at radius 1 is 1.16 bits per heavy atom. The summed E-state index contributed by atoms with van der Waals surface area (Å²) in [6.45, 7) is 2.45. The Labute approximate surface area is 154 Å². The first kappa shape index (κ1) is 17.3. The summed E-state index contributed by atoms with van der Waals surface area (Å²) in [6, 6.07) is 9.19. The quantitative estimate of drug-likeness (QED) is 0.470. The molecule has 7 nitrogen and oxygen atoms in total. The fourth-order valence-electron chi connectivity index (χ4n) is 1.98. The Bertz CT molecular complexity index is 896. The van der Waals surface area contributed by atoms with Crippen molar-refractivity contribution < 1.29 is 4.74 Å². The number of benzene rings is 1. The van der Waals surface area contributed by atoms with E-state index in [2.05, 4.69) is 25.3 Å². The molecule has 0 N–H and O–H groups in total. The molecule has 0 fully saturated rings. The SMILES string of the molecule is Cc1ncnc(N=NCCOc2ccn(-c3ccccc3Cl)n2)c1Cl. The van der Waals surface area contributed by atoms with Gasteiger partial charge in [0, 0.05) is 12.3 Å². The first-order valence-electron chi connectivity index (χ1n) is 7.43. The van der Waals surface area contributed by atoms with Gasteiger partial charge in [-0.3, -0.25) is 0 Å². The van der Waals surface area contributed by atoms with Crippen LogP contribution in [0.5, 0.6) is 5.88 Å². The zero-order valence-corrected chi connectivity index (χ0v) is 14.8. The van der Waals surface area contributed by atoms with Crippen LogP contribution in [0.3, 0.4) is 0 Å². The van der Waals surface area contributed by atoms with Gasteiger partial charge in [-0.15, -0.1) is 10.2 Å². The largest absolute Gasteiger partial charge is 0.475 e. The molecule has 1 aromatic carbocycles. The molecule has 3 aromatic rings. The molecule has 0 saturated heterocycles. The van der Waals surface area contributed by atoms with Crippen molar-refractivity contribution in [3.05, 3.63) is 58.6 Å². The van der Waals surface area contributed by atoms with Crippen LogP contribution < -0.4 is 4.74 Å². The molecule has 0 aliphatic heterocycles. The van der Waals surface area contributed by atoms with E-state index in [0.717, 1.165) is 5.69 Å². The van der Waals surface area contributed by atoms with Gasteiger partial charge < -0.3 is 4.74 Å². The smallest absolute Gasteiger partial charge is 0.233 e.